The molecule has 0 aliphatic rings. The molecule has 18 heavy (non-hydrogen) atoms. The monoisotopic (exact) mass is 242 g/mol. The van der Waals surface area contributed by atoms with Gasteiger partial charge >= 0.3 is 0 Å². The van der Waals surface area contributed by atoms with Gasteiger partial charge in [0.05, 0.1) is 0 Å². The van der Waals surface area contributed by atoms with Crippen LogP contribution in [0.3, 0.4) is 0 Å². The summed E-state index contributed by atoms with van der Waals surface area (Å²) in [6.07, 6.45) is 0. The van der Waals surface area contributed by atoms with Crippen LogP contribution in [0.4, 0.5) is 11.8 Å². The van der Waals surface area contributed by atoms with Gasteiger partial charge in [0.1, 0.15) is 5.82 Å². The van der Waals surface area contributed by atoms with Crippen LogP contribution in [-0.2, 0) is 0 Å². The molecule has 0 bridgehead atoms. The van der Waals surface area contributed by atoms with Gasteiger partial charge in [0, 0.05) is 24.8 Å². The smallest absolute Gasteiger partial charge is 0.224 e. The third-order valence-electron chi connectivity index (χ3n) is 2.74. The van der Waals surface area contributed by atoms with E-state index in [1.807, 2.05) is 38.2 Å². The lowest BCUT2D eigenvalue weighted by Gasteiger charge is -2.15. The van der Waals surface area contributed by atoms with Gasteiger partial charge in [-0.1, -0.05) is 30.3 Å². The number of rotatable bonds is 4. The highest BCUT2D eigenvalue weighted by Gasteiger charge is 2.07. The van der Waals surface area contributed by atoms with E-state index in [2.05, 4.69) is 39.7 Å². The largest absolute Gasteiger partial charge is 0.363 e. The predicted molar refractivity (Wildman–Crippen MR) is 74.8 cm³/mol. The Morgan fingerprint density at radius 1 is 1.11 bits per heavy atom. The molecule has 0 radical (unpaired) electrons. The molecule has 0 amide bonds. The number of aromatic nitrogens is 2. The number of hydrogen-bond donors (Lipinski definition) is 2. The van der Waals surface area contributed by atoms with Crippen molar-refractivity contribution in [3.8, 4) is 0 Å². The Bertz CT molecular complexity index is 510. The van der Waals surface area contributed by atoms with E-state index in [1.165, 1.54) is 5.56 Å². The molecule has 2 aromatic rings. The van der Waals surface area contributed by atoms with Gasteiger partial charge in [-0.3, -0.25) is 0 Å². The Morgan fingerprint density at radius 3 is 2.50 bits per heavy atom. The van der Waals surface area contributed by atoms with Gasteiger partial charge in [0.15, 0.2) is 0 Å². The maximum absolute atomic E-state index is 4.38. The molecule has 0 saturated carbocycles. The first kappa shape index (κ1) is 12.4. The quantitative estimate of drug-likeness (QED) is 0.865. The first-order valence-electron chi connectivity index (χ1n) is 6.04. The number of benzene rings is 1. The average Bonchev–Trinajstić information content (AvgIpc) is 2.39. The number of aryl methyl sites for hydroxylation is 1. The van der Waals surface area contributed by atoms with Crippen LogP contribution >= 0.6 is 0 Å². The minimum absolute atomic E-state index is 0.213. The van der Waals surface area contributed by atoms with Crippen LogP contribution in [0.15, 0.2) is 36.4 Å². The third kappa shape index (κ3) is 2.97. The standard InChI is InChI=1S/C14H18N4/c1-10-9-13(18-14(15-3)16-10)17-11(2)12-7-5-4-6-8-12/h4-9,11H,1-3H3,(H2,15,16,17,18). The molecule has 2 rings (SSSR count). The van der Waals surface area contributed by atoms with Crippen LogP contribution in [0.1, 0.15) is 24.2 Å². The summed E-state index contributed by atoms with van der Waals surface area (Å²) in [6, 6.07) is 12.5. The summed E-state index contributed by atoms with van der Waals surface area (Å²) < 4.78 is 0. The fourth-order valence-corrected chi connectivity index (χ4v) is 1.80. The lowest BCUT2D eigenvalue weighted by Crippen LogP contribution is -2.09. The van der Waals surface area contributed by atoms with Gasteiger partial charge in [0.2, 0.25) is 5.95 Å². The fourth-order valence-electron chi connectivity index (χ4n) is 1.80. The Labute approximate surface area is 107 Å². The van der Waals surface area contributed by atoms with Gasteiger partial charge in [-0.05, 0) is 19.4 Å². The van der Waals surface area contributed by atoms with Crippen LogP contribution in [0.5, 0.6) is 0 Å². The highest BCUT2D eigenvalue weighted by molar-refractivity contribution is 5.43. The zero-order valence-electron chi connectivity index (χ0n) is 10.9. The van der Waals surface area contributed by atoms with Gasteiger partial charge in [-0.15, -0.1) is 0 Å². The van der Waals surface area contributed by atoms with Crippen molar-refractivity contribution < 1.29 is 0 Å². The lowest BCUT2D eigenvalue weighted by molar-refractivity contribution is 0.871. The molecular formula is C14H18N4. The van der Waals surface area contributed by atoms with E-state index < -0.39 is 0 Å². The average molecular weight is 242 g/mol. The maximum Gasteiger partial charge on any atom is 0.224 e. The van der Waals surface area contributed by atoms with E-state index in [-0.39, 0.29) is 6.04 Å². The molecule has 1 aromatic carbocycles. The topological polar surface area (TPSA) is 49.8 Å². The Kier molecular flexibility index (Phi) is 3.77. The van der Waals surface area contributed by atoms with Crippen LogP contribution in [0, 0.1) is 6.92 Å². The molecule has 2 N–H and O–H groups in total. The number of nitrogens with zero attached hydrogens (tertiary/aromatic N) is 2. The van der Waals surface area contributed by atoms with Crippen molar-refractivity contribution in [2.75, 3.05) is 17.7 Å². The SMILES string of the molecule is CNc1nc(C)cc(NC(C)c2ccccc2)n1. The minimum Gasteiger partial charge on any atom is -0.363 e. The molecule has 1 heterocycles. The highest BCUT2D eigenvalue weighted by atomic mass is 15.1. The number of hydrogen-bond acceptors (Lipinski definition) is 4. The van der Waals surface area contributed by atoms with E-state index in [0.717, 1.165) is 11.5 Å². The zero-order chi connectivity index (χ0) is 13.0. The summed E-state index contributed by atoms with van der Waals surface area (Å²) in [4.78, 5) is 8.65. The Hall–Kier alpha value is -2.10. The van der Waals surface area contributed by atoms with Crippen molar-refractivity contribution in [2.24, 2.45) is 0 Å². The molecule has 0 aliphatic heterocycles. The summed E-state index contributed by atoms with van der Waals surface area (Å²) in [5.74, 6) is 1.47. The van der Waals surface area contributed by atoms with E-state index in [1.54, 1.807) is 0 Å². The molecule has 0 aliphatic carbocycles. The zero-order valence-corrected chi connectivity index (χ0v) is 10.9. The molecule has 0 fully saturated rings. The molecule has 0 saturated heterocycles. The molecule has 1 aromatic heterocycles. The summed E-state index contributed by atoms with van der Waals surface area (Å²) in [5.41, 5.74) is 2.18. The second kappa shape index (κ2) is 5.49. The number of anilines is 2. The van der Waals surface area contributed by atoms with Crippen molar-refractivity contribution in [3.63, 3.8) is 0 Å². The summed E-state index contributed by atoms with van der Waals surface area (Å²) >= 11 is 0. The molecule has 0 spiro atoms. The second-order valence-corrected chi connectivity index (χ2v) is 4.24. The maximum atomic E-state index is 4.38. The molecule has 94 valence electrons. The van der Waals surface area contributed by atoms with Gasteiger partial charge in [-0.25, -0.2) is 4.98 Å². The van der Waals surface area contributed by atoms with E-state index in [9.17, 15) is 0 Å². The van der Waals surface area contributed by atoms with Gasteiger partial charge < -0.3 is 10.6 Å². The predicted octanol–water partition coefficient (Wildman–Crippen LogP) is 3.00. The Balaban J connectivity index is 2.16. The molecule has 4 heteroatoms. The van der Waals surface area contributed by atoms with Gasteiger partial charge in [0.25, 0.3) is 0 Å². The van der Waals surface area contributed by atoms with Crippen molar-refractivity contribution in [1.29, 1.82) is 0 Å². The first-order valence-corrected chi connectivity index (χ1v) is 6.04. The normalized spacial score (nSPS) is 11.9. The van der Waals surface area contributed by atoms with Gasteiger partial charge in [-0.2, -0.15) is 4.98 Å². The minimum atomic E-state index is 0.213. The second-order valence-electron chi connectivity index (χ2n) is 4.24. The van der Waals surface area contributed by atoms with Crippen molar-refractivity contribution >= 4 is 11.8 Å². The van der Waals surface area contributed by atoms with E-state index in [4.69, 9.17) is 0 Å². The van der Waals surface area contributed by atoms with Crippen LogP contribution in [0.25, 0.3) is 0 Å². The van der Waals surface area contributed by atoms with Crippen molar-refractivity contribution in [2.45, 2.75) is 19.9 Å². The number of nitrogens with one attached hydrogen (secondary N) is 2. The fraction of sp³-hybridized carbons (Fsp3) is 0.286. The summed E-state index contributed by atoms with van der Waals surface area (Å²) in [7, 11) is 1.82. The van der Waals surface area contributed by atoms with Crippen molar-refractivity contribution in [3.05, 3.63) is 47.7 Å². The molecule has 1 atom stereocenters. The lowest BCUT2D eigenvalue weighted by atomic mass is 10.1. The molecule has 4 nitrogen and oxygen atoms in total. The Morgan fingerprint density at radius 2 is 1.83 bits per heavy atom. The van der Waals surface area contributed by atoms with Crippen molar-refractivity contribution in [1.82, 2.24) is 9.97 Å². The first-order chi connectivity index (χ1) is 8.69. The van der Waals surface area contributed by atoms with Crippen LogP contribution < -0.4 is 10.6 Å². The van der Waals surface area contributed by atoms with E-state index >= 15 is 0 Å². The molecule has 1 unspecified atom stereocenters. The summed E-state index contributed by atoms with van der Waals surface area (Å²) in [5, 5.41) is 6.34. The van der Waals surface area contributed by atoms with E-state index in [0.29, 0.717) is 5.95 Å². The highest BCUT2D eigenvalue weighted by Crippen LogP contribution is 2.18. The summed E-state index contributed by atoms with van der Waals surface area (Å²) in [6.45, 7) is 4.08. The van der Waals surface area contributed by atoms with Crippen LogP contribution in [0.2, 0.25) is 0 Å². The molecular weight excluding hydrogens is 224 g/mol. The van der Waals surface area contributed by atoms with Crippen LogP contribution in [-0.4, -0.2) is 17.0 Å². The third-order valence-corrected chi connectivity index (χ3v) is 2.74.